The van der Waals surface area contributed by atoms with Crippen LogP contribution in [0.2, 0.25) is 0 Å². The molecule has 2 aromatic heterocycles. The molecule has 0 aliphatic rings. The summed E-state index contributed by atoms with van der Waals surface area (Å²) in [6.45, 7) is 6.24. The van der Waals surface area contributed by atoms with Crippen LogP contribution in [-0.4, -0.2) is 15.1 Å². The van der Waals surface area contributed by atoms with Crippen LogP contribution >= 0.6 is 11.3 Å². The standard InChI is InChI=1S/C16H17N3OS/c1-4-13-18-15(17-11-6-5-7-12(20)8-11)14-9(2)10(3)21-16(14)19-13/h5-8,20H,4H2,1-3H3,(H,17,18,19). The lowest BCUT2D eigenvalue weighted by molar-refractivity contribution is 0.475. The van der Waals surface area contributed by atoms with Crippen molar-refractivity contribution in [2.45, 2.75) is 27.2 Å². The fourth-order valence-corrected chi connectivity index (χ4v) is 3.31. The smallest absolute Gasteiger partial charge is 0.143 e. The van der Waals surface area contributed by atoms with Crippen LogP contribution in [0.4, 0.5) is 11.5 Å². The second-order valence-electron chi connectivity index (χ2n) is 4.98. The molecule has 0 unspecified atom stereocenters. The molecule has 3 aromatic rings. The van der Waals surface area contributed by atoms with Gasteiger partial charge < -0.3 is 10.4 Å². The minimum atomic E-state index is 0.235. The largest absolute Gasteiger partial charge is 0.508 e. The predicted octanol–water partition coefficient (Wildman–Crippen LogP) is 4.32. The summed E-state index contributed by atoms with van der Waals surface area (Å²) in [7, 11) is 0. The topological polar surface area (TPSA) is 58.0 Å². The fraction of sp³-hybridized carbons (Fsp3) is 0.250. The number of nitrogens with zero attached hydrogens (tertiary/aromatic N) is 2. The first-order valence-electron chi connectivity index (χ1n) is 6.91. The number of phenolic OH excluding ortho intramolecular Hbond substituents is 1. The minimum absolute atomic E-state index is 0.235. The molecule has 0 aliphatic heterocycles. The van der Waals surface area contributed by atoms with E-state index in [4.69, 9.17) is 0 Å². The van der Waals surface area contributed by atoms with Crippen molar-refractivity contribution < 1.29 is 5.11 Å². The van der Waals surface area contributed by atoms with Gasteiger partial charge in [-0.05, 0) is 31.5 Å². The molecule has 21 heavy (non-hydrogen) atoms. The zero-order valence-corrected chi connectivity index (χ0v) is 13.1. The van der Waals surface area contributed by atoms with Crippen LogP contribution < -0.4 is 5.32 Å². The molecule has 0 atom stereocenters. The van der Waals surface area contributed by atoms with Crippen LogP contribution in [0.15, 0.2) is 24.3 Å². The van der Waals surface area contributed by atoms with E-state index in [-0.39, 0.29) is 5.75 Å². The number of nitrogens with one attached hydrogen (secondary N) is 1. The zero-order valence-electron chi connectivity index (χ0n) is 12.3. The second-order valence-corrected chi connectivity index (χ2v) is 6.18. The molecule has 4 nitrogen and oxygen atoms in total. The van der Waals surface area contributed by atoms with E-state index in [1.807, 2.05) is 19.1 Å². The molecule has 0 saturated carbocycles. The second kappa shape index (κ2) is 5.33. The third-order valence-corrected chi connectivity index (χ3v) is 4.60. The lowest BCUT2D eigenvalue weighted by Crippen LogP contribution is -2.00. The van der Waals surface area contributed by atoms with Crippen molar-refractivity contribution in [1.29, 1.82) is 0 Å². The van der Waals surface area contributed by atoms with Crippen molar-refractivity contribution in [3.63, 3.8) is 0 Å². The maximum Gasteiger partial charge on any atom is 0.143 e. The van der Waals surface area contributed by atoms with Crippen LogP contribution in [0.5, 0.6) is 5.75 Å². The third kappa shape index (κ3) is 2.56. The Balaban J connectivity index is 2.15. The van der Waals surface area contributed by atoms with E-state index in [0.29, 0.717) is 0 Å². The molecular formula is C16H17N3OS. The highest BCUT2D eigenvalue weighted by atomic mass is 32.1. The Morgan fingerprint density at radius 1 is 1.24 bits per heavy atom. The van der Waals surface area contributed by atoms with Gasteiger partial charge >= 0.3 is 0 Å². The third-order valence-electron chi connectivity index (χ3n) is 3.50. The van der Waals surface area contributed by atoms with Crippen molar-refractivity contribution in [3.05, 3.63) is 40.5 Å². The molecule has 2 N–H and O–H groups in total. The Labute approximate surface area is 127 Å². The average molecular weight is 299 g/mol. The van der Waals surface area contributed by atoms with Crippen molar-refractivity contribution in [3.8, 4) is 5.75 Å². The number of phenols is 1. The lowest BCUT2D eigenvalue weighted by Gasteiger charge is -2.09. The Bertz CT molecular complexity index is 811. The van der Waals surface area contributed by atoms with Crippen molar-refractivity contribution in [1.82, 2.24) is 9.97 Å². The van der Waals surface area contributed by atoms with Gasteiger partial charge in [0.15, 0.2) is 0 Å². The molecule has 0 spiro atoms. The summed E-state index contributed by atoms with van der Waals surface area (Å²) in [5, 5.41) is 14.0. The van der Waals surface area contributed by atoms with Gasteiger partial charge in [0, 0.05) is 23.1 Å². The summed E-state index contributed by atoms with van der Waals surface area (Å²) in [4.78, 5) is 11.5. The maximum atomic E-state index is 9.59. The van der Waals surface area contributed by atoms with E-state index in [0.717, 1.165) is 34.0 Å². The minimum Gasteiger partial charge on any atom is -0.508 e. The molecule has 0 fully saturated rings. The number of thiophene rings is 1. The SMILES string of the molecule is CCc1nc(Nc2cccc(O)c2)c2c(C)c(C)sc2n1. The van der Waals surface area contributed by atoms with Gasteiger partial charge in [-0.15, -0.1) is 11.3 Å². The van der Waals surface area contributed by atoms with Gasteiger partial charge in [-0.25, -0.2) is 9.97 Å². The molecule has 5 heteroatoms. The Morgan fingerprint density at radius 2 is 2.05 bits per heavy atom. The van der Waals surface area contributed by atoms with E-state index >= 15 is 0 Å². The van der Waals surface area contributed by atoms with Crippen molar-refractivity contribution >= 4 is 33.1 Å². The Kier molecular flexibility index (Phi) is 3.51. The number of hydrogen-bond donors (Lipinski definition) is 2. The number of fused-ring (bicyclic) bond motifs is 1. The first-order chi connectivity index (χ1) is 10.1. The van der Waals surface area contributed by atoms with Gasteiger partial charge in [0.25, 0.3) is 0 Å². The molecule has 0 bridgehead atoms. The first kappa shape index (κ1) is 13.8. The van der Waals surface area contributed by atoms with Crippen LogP contribution in [-0.2, 0) is 6.42 Å². The lowest BCUT2D eigenvalue weighted by atomic mass is 10.2. The number of rotatable bonds is 3. The molecule has 3 rings (SSSR count). The molecular weight excluding hydrogens is 282 g/mol. The number of hydrogen-bond acceptors (Lipinski definition) is 5. The Hall–Kier alpha value is -2.14. The van der Waals surface area contributed by atoms with E-state index in [9.17, 15) is 5.11 Å². The van der Waals surface area contributed by atoms with Gasteiger partial charge in [-0.3, -0.25) is 0 Å². The van der Waals surface area contributed by atoms with Gasteiger partial charge in [0.05, 0.1) is 5.39 Å². The first-order valence-corrected chi connectivity index (χ1v) is 7.72. The number of benzene rings is 1. The van der Waals surface area contributed by atoms with Crippen molar-refractivity contribution in [2.24, 2.45) is 0 Å². The summed E-state index contributed by atoms with van der Waals surface area (Å²) in [6, 6.07) is 7.06. The van der Waals surface area contributed by atoms with E-state index in [1.54, 1.807) is 23.5 Å². The van der Waals surface area contributed by atoms with E-state index < -0.39 is 0 Å². The van der Waals surface area contributed by atoms with Gasteiger partial charge in [-0.2, -0.15) is 0 Å². The predicted molar refractivity (Wildman–Crippen MR) is 87.7 cm³/mol. The Morgan fingerprint density at radius 3 is 2.76 bits per heavy atom. The van der Waals surface area contributed by atoms with Crippen LogP contribution in [0.25, 0.3) is 10.2 Å². The number of anilines is 2. The fourth-order valence-electron chi connectivity index (χ4n) is 2.26. The summed E-state index contributed by atoms with van der Waals surface area (Å²) < 4.78 is 0. The number of aromatic nitrogens is 2. The molecule has 1 aromatic carbocycles. The van der Waals surface area contributed by atoms with Gasteiger partial charge in [0.1, 0.15) is 22.2 Å². The van der Waals surface area contributed by atoms with Crippen LogP contribution in [0, 0.1) is 13.8 Å². The number of aryl methyl sites for hydroxylation is 3. The van der Waals surface area contributed by atoms with E-state index in [1.165, 1.54) is 10.4 Å². The molecule has 0 saturated heterocycles. The quantitative estimate of drug-likeness (QED) is 0.756. The van der Waals surface area contributed by atoms with Gasteiger partial charge in [0.2, 0.25) is 0 Å². The molecule has 0 amide bonds. The molecule has 0 aliphatic carbocycles. The van der Waals surface area contributed by atoms with Crippen LogP contribution in [0.1, 0.15) is 23.2 Å². The van der Waals surface area contributed by atoms with Gasteiger partial charge in [-0.1, -0.05) is 13.0 Å². The highest BCUT2D eigenvalue weighted by Gasteiger charge is 2.14. The summed E-state index contributed by atoms with van der Waals surface area (Å²) >= 11 is 1.70. The monoisotopic (exact) mass is 299 g/mol. The highest BCUT2D eigenvalue weighted by Crippen LogP contribution is 2.34. The summed E-state index contributed by atoms with van der Waals surface area (Å²) in [5.74, 6) is 1.87. The molecule has 0 radical (unpaired) electrons. The summed E-state index contributed by atoms with van der Waals surface area (Å²) in [6.07, 6.45) is 0.792. The molecule has 2 heterocycles. The average Bonchev–Trinajstić information content (AvgIpc) is 2.74. The zero-order chi connectivity index (χ0) is 15.0. The molecule has 108 valence electrons. The van der Waals surface area contributed by atoms with Crippen LogP contribution in [0.3, 0.4) is 0 Å². The normalized spacial score (nSPS) is 11.0. The summed E-state index contributed by atoms with van der Waals surface area (Å²) in [5.41, 5.74) is 2.03. The van der Waals surface area contributed by atoms with E-state index in [2.05, 4.69) is 29.1 Å². The highest BCUT2D eigenvalue weighted by molar-refractivity contribution is 7.18. The number of aromatic hydroxyl groups is 1. The van der Waals surface area contributed by atoms with Crippen molar-refractivity contribution in [2.75, 3.05) is 5.32 Å². The maximum absolute atomic E-state index is 9.59.